The Bertz CT molecular complexity index is 620. The van der Waals surface area contributed by atoms with Gasteiger partial charge >= 0.3 is 5.97 Å². The van der Waals surface area contributed by atoms with Gasteiger partial charge in [-0.1, -0.05) is 17.7 Å². The zero-order chi connectivity index (χ0) is 15.7. The van der Waals surface area contributed by atoms with Gasteiger partial charge in [0.05, 0.1) is 16.0 Å². The van der Waals surface area contributed by atoms with Crippen molar-refractivity contribution in [1.82, 2.24) is 4.90 Å². The fourth-order valence-corrected chi connectivity index (χ4v) is 2.54. The summed E-state index contributed by atoms with van der Waals surface area (Å²) in [7, 11) is 0. The summed E-state index contributed by atoms with van der Waals surface area (Å²) in [5.41, 5.74) is -0.873. The van der Waals surface area contributed by atoms with Gasteiger partial charge in [-0.3, -0.25) is 14.9 Å². The summed E-state index contributed by atoms with van der Waals surface area (Å²) in [5, 5.41) is 29.5. The van der Waals surface area contributed by atoms with Crippen LogP contribution in [0, 0.1) is 10.1 Å². The molecular formula is C12H11ClN2O6. The van der Waals surface area contributed by atoms with Gasteiger partial charge in [0.1, 0.15) is 11.6 Å². The lowest BCUT2D eigenvalue weighted by molar-refractivity contribution is -0.385. The molecule has 1 heterocycles. The van der Waals surface area contributed by atoms with Crippen LogP contribution in [-0.4, -0.2) is 50.6 Å². The van der Waals surface area contributed by atoms with Crippen LogP contribution in [0.3, 0.4) is 0 Å². The van der Waals surface area contributed by atoms with Gasteiger partial charge < -0.3 is 15.1 Å². The molecule has 0 aliphatic carbocycles. The molecule has 1 aromatic carbocycles. The molecule has 112 valence electrons. The highest BCUT2D eigenvalue weighted by molar-refractivity contribution is 6.34. The molecule has 8 nitrogen and oxygen atoms in total. The van der Waals surface area contributed by atoms with E-state index in [1.165, 1.54) is 12.1 Å². The maximum atomic E-state index is 12.4. The first-order valence-electron chi connectivity index (χ1n) is 5.97. The number of nitrogens with zero attached hydrogens (tertiary/aromatic N) is 2. The number of hydrogen-bond acceptors (Lipinski definition) is 5. The Morgan fingerprint density at radius 2 is 2.10 bits per heavy atom. The predicted octanol–water partition coefficient (Wildman–Crippen LogP) is 0.908. The third-order valence-corrected chi connectivity index (χ3v) is 3.54. The van der Waals surface area contributed by atoms with E-state index in [1.807, 2.05) is 0 Å². The highest BCUT2D eigenvalue weighted by atomic mass is 35.5. The lowest BCUT2D eigenvalue weighted by Crippen LogP contribution is -2.40. The fraction of sp³-hybridized carbons (Fsp3) is 0.333. The summed E-state index contributed by atoms with van der Waals surface area (Å²) < 4.78 is 0. The van der Waals surface area contributed by atoms with Gasteiger partial charge in [0, 0.05) is 19.0 Å². The second-order valence-electron chi connectivity index (χ2n) is 4.59. The summed E-state index contributed by atoms with van der Waals surface area (Å²) in [6.45, 7) is -0.210. The van der Waals surface area contributed by atoms with E-state index >= 15 is 0 Å². The van der Waals surface area contributed by atoms with Gasteiger partial charge in [0.15, 0.2) is 0 Å². The number of β-amino-alcohol motifs (C(OH)–C–C–N with tert-alkyl or cyclic N) is 1. The standard InChI is InChI=1S/C12H11ClN2O6/c13-7-2-1-3-8(15(20)21)10(7)11(17)14-5-6(16)4-9(14)12(18)19/h1-3,6,9,16H,4-5H2,(H,18,19)/t6-,9-/m0/s1. The number of benzene rings is 1. The van der Waals surface area contributed by atoms with E-state index in [1.54, 1.807) is 0 Å². The number of hydrogen-bond donors (Lipinski definition) is 2. The molecule has 2 N–H and O–H groups in total. The van der Waals surface area contributed by atoms with Crippen LogP contribution in [0.25, 0.3) is 0 Å². The minimum Gasteiger partial charge on any atom is -0.480 e. The summed E-state index contributed by atoms with van der Waals surface area (Å²) in [6, 6.07) is 2.51. The van der Waals surface area contributed by atoms with Crippen LogP contribution in [0.2, 0.25) is 5.02 Å². The number of amides is 1. The Labute approximate surface area is 123 Å². The van der Waals surface area contributed by atoms with Gasteiger partial charge in [0.25, 0.3) is 11.6 Å². The maximum absolute atomic E-state index is 12.4. The number of carbonyl (C=O) groups excluding carboxylic acids is 1. The highest BCUT2D eigenvalue weighted by Crippen LogP contribution is 2.30. The molecule has 0 aromatic heterocycles. The zero-order valence-corrected chi connectivity index (χ0v) is 11.4. The lowest BCUT2D eigenvalue weighted by atomic mass is 10.1. The van der Waals surface area contributed by atoms with Crippen LogP contribution in [0.4, 0.5) is 5.69 Å². The van der Waals surface area contributed by atoms with Crippen LogP contribution >= 0.6 is 11.6 Å². The van der Waals surface area contributed by atoms with Crippen LogP contribution in [0.5, 0.6) is 0 Å². The largest absolute Gasteiger partial charge is 0.480 e. The van der Waals surface area contributed by atoms with Crippen molar-refractivity contribution in [3.05, 3.63) is 38.9 Å². The molecular weight excluding hydrogens is 304 g/mol. The van der Waals surface area contributed by atoms with Gasteiger partial charge in [-0.15, -0.1) is 0 Å². The molecule has 21 heavy (non-hydrogen) atoms. The Balaban J connectivity index is 2.45. The molecule has 1 aliphatic heterocycles. The molecule has 2 rings (SSSR count). The first-order valence-corrected chi connectivity index (χ1v) is 6.35. The van der Waals surface area contributed by atoms with Gasteiger partial charge in [0.2, 0.25) is 0 Å². The minimum absolute atomic E-state index is 0.126. The molecule has 0 unspecified atom stereocenters. The number of likely N-dealkylation sites (tertiary alicyclic amines) is 1. The van der Waals surface area contributed by atoms with E-state index in [2.05, 4.69) is 0 Å². The summed E-state index contributed by atoms with van der Waals surface area (Å²) >= 11 is 5.85. The number of aliphatic hydroxyl groups is 1. The van der Waals surface area contributed by atoms with E-state index < -0.39 is 34.6 Å². The van der Waals surface area contributed by atoms with Gasteiger partial charge in [-0.2, -0.15) is 0 Å². The molecule has 1 amide bonds. The zero-order valence-electron chi connectivity index (χ0n) is 10.6. The number of halogens is 1. The molecule has 0 bridgehead atoms. The third-order valence-electron chi connectivity index (χ3n) is 3.23. The van der Waals surface area contributed by atoms with Crippen LogP contribution < -0.4 is 0 Å². The van der Waals surface area contributed by atoms with Crippen molar-refractivity contribution < 1.29 is 24.7 Å². The smallest absolute Gasteiger partial charge is 0.326 e. The Morgan fingerprint density at radius 1 is 1.43 bits per heavy atom. The topological polar surface area (TPSA) is 121 Å². The minimum atomic E-state index is -1.28. The predicted molar refractivity (Wildman–Crippen MR) is 71.2 cm³/mol. The maximum Gasteiger partial charge on any atom is 0.326 e. The average Bonchev–Trinajstić information content (AvgIpc) is 2.80. The second-order valence-corrected chi connectivity index (χ2v) is 5.00. The molecule has 0 radical (unpaired) electrons. The number of aliphatic carboxylic acids is 1. The SMILES string of the molecule is O=C(O)[C@@H]1C[C@H](O)CN1C(=O)c1c(Cl)cccc1[N+](=O)[O-]. The van der Waals surface area contributed by atoms with E-state index in [9.17, 15) is 24.8 Å². The van der Waals surface area contributed by atoms with Crippen molar-refractivity contribution in [2.45, 2.75) is 18.6 Å². The number of carbonyl (C=O) groups is 2. The molecule has 1 saturated heterocycles. The Kier molecular flexibility index (Phi) is 4.10. The van der Waals surface area contributed by atoms with E-state index in [0.29, 0.717) is 0 Å². The van der Waals surface area contributed by atoms with Crippen LogP contribution in [0.1, 0.15) is 16.8 Å². The fourth-order valence-electron chi connectivity index (χ4n) is 2.29. The highest BCUT2D eigenvalue weighted by Gasteiger charge is 2.41. The van der Waals surface area contributed by atoms with Crippen molar-refractivity contribution in [3.8, 4) is 0 Å². The van der Waals surface area contributed by atoms with Crippen molar-refractivity contribution in [2.75, 3.05) is 6.54 Å². The lowest BCUT2D eigenvalue weighted by Gasteiger charge is -2.21. The Hall–Kier alpha value is -2.19. The van der Waals surface area contributed by atoms with Crippen molar-refractivity contribution in [1.29, 1.82) is 0 Å². The number of aliphatic hydroxyl groups excluding tert-OH is 1. The first-order chi connectivity index (χ1) is 9.82. The van der Waals surface area contributed by atoms with E-state index in [0.717, 1.165) is 11.0 Å². The van der Waals surface area contributed by atoms with Gasteiger partial charge in [-0.05, 0) is 6.07 Å². The molecule has 0 spiro atoms. The molecule has 1 aliphatic rings. The Morgan fingerprint density at radius 3 is 2.67 bits per heavy atom. The summed E-state index contributed by atoms with van der Waals surface area (Å²) in [6.07, 6.45) is -1.11. The van der Waals surface area contributed by atoms with Crippen LogP contribution in [-0.2, 0) is 4.79 Å². The van der Waals surface area contributed by atoms with Crippen molar-refractivity contribution in [2.24, 2.45) is 0 Å². The van der Waals surface area contributed by atoms with E-state index in [-0.39, 0.29) is 23.6 Å². The molecule has 0 saturated carbocycles. The number of rotatable bonds is 3. The molecule has 2 atom stereocenters. The van der Waals surface area contributed by atoms with Gasteiger partial charge in [-0.25, -0.2) is 4.79 Å². The number of carboxylic acids is 1. The first kappa shape index (κ1) is 15.2. The monoisotopic (exact) mass is 314 g/mol. The normalized spacial score (nSPS) is 21.3. The molecule has 1 aromatic rings. The average molecular weight is 315 g/mol. The van der Waals surface area contributed by atoms with Crippen molar-refractivity contribution >= 4 is 29.2 Å². The summed E-state index contributed by atoms with van der Waals surface area (Å²) in [5.74, 6) is -2.16. The number of nitro groups is 1. The molecule has 9 heteroatoms. The summed E-state index contributed by atoms with van der Waals surface area (Å²) in [4.78, 5) is 34.7. The second kappa shape index (κ2) is 5.66. The number of carboxylic acid groups (broad SMARTS) is 1. The van der Waals surface area contributed by atoms with Crippen molar-refractivity contribution in [3.63, 3.8) is 0 Å². The third kappa shape index (κ3) is 2.81. The quantitative estimate of drug-likeness (QED) is 0.631. The van der Waals surface area contributed by atoms with Crippen LogP contribution in [0.15, 0.2) is 18.2 Å². The molecule has 1 fully saturated rings. The number of nitro benzene ring substituents is 1. The van der Waals surface area contributed by atoms with E-state index in [4.69, 9.17) is 16.7 Å².